The molecule has 3 aromatic rings. The molecule has 4 heterocycles. The van der Waals surface area contributed by atoms with E-state index >= 15 is 0 Å². The van der Waals surface area contributed by atoms with Gasteiger partial charge in [0.2, 0.25) is 15.9 Å². The number of sulfonamides is 1. The summed E-state index contributed by atoms with van der Waals surface area (Å²) in [6, 6.07) is 10.8. The molecule has 41 heavy (non-hydrogen) atoms. The van der Waals surface area contributed by atoms with Gasteiger partial charge >= 0.3 is 0 Å². The number of aromatic nitrogens is 1. The molecule has 0 bridgehead atoms. The zero-order valence-corrected chi connectivity index (χ0v) is 25.4. The predicted octanol–water partition coefficient (Wildman–Crippen LogP) is 4.34. The molecule has 0 spiro atoms. The van der Waals surface area contributed by atoms with E-state index in [2.05, 4.69) is 15.9 Å². The van der Waals surface area contributed by atoms with E-state index in [-0.39, 0.29) is 23.3 Å². The lowest BCUT2D eigenvalue weighted by molar-refractivity contribution is -0.131. The lowest BCUT2D eigenvalue weighted by Crippen LogP contribution is -2.40. The fourth-order valence-corrected chi connectivity index (χ4v) is 7.72. The molecule has 0 saturated carbocycles. The Labute approximate surface area is 248 Å². The average molecular weight is 642 g/mol. The van der Waals surface area contributed by atoms with Crippen molar-refractivity contribution in [3.8, 4) is 0 Å². The molecule has 2 fully saturated rings. The molecular weight excluding hydrogens is 608 g/mol. The lowest BCUT2D eigenvalue weighted by atomic mass is 10.0. The summed E-state index contributed by atoms with van der Waals surface area (Å²) in [4.78, 5) is 30.4. The van der Waals surface area contributed by atoms with Crippen molar-refractivity contribution in [3.05, 3.63) is 58.2 Å². The van der Waals surface area contributed by atoms with Gasteiger partial charge in [0.25, 0.3) is 5.91 Å². The highest BCUT2D eigenvalue weighted by Gasteiger charge is 2.33. The number of anilines is 1. The average Bonchev–Trinajstić information content (AvgIpc) is 3.25. The molecule has 0 aliphatic carbocycles. The summed E-state index contributed by atoms with van der Waals surface area (Å²) in [6.45, 7) is 3.10. The molecule has 2 amide bonds. The number of amides is 2. The minimum absolute atomic E-state index is 0.0888. The molecule has 3 aliphatic heterocycles. The third-order valence-corrected chi connectivity index (χ3v) is 10.6. The zero-order chi connectivity index (χ0) is 28.7. The normalized spacial score (nSPS) is 19.7. The summed E-state index contributed by atoms with van der Waals surface area (Å²) in [6.07, 6.45) is 8.10. The standard InChI is InChI=1S/C30H33BrN4O5S/c1-32-27-9-7-23(41(38,39)35-12-14-40-15-13-35)18-25(27)26(30(32)37)16-21-19-34(28-8-6-22(31)17-24(21)28)20-29(36)33-10-4-2-3-5-11-33/h6-9,16-19H,2-5,10-15,20H2,1H3. The largest absolute Gasteiger partial charge is 0.379 e. The highest BCUT2D eigenvalue weighted by atomic mass is 79.9. The third-order valence-electron chi connectivity index (χ3n) is 8.20. The van der Waals surface area contributed by atoms with Crippen LogP contribution in [0.3, 0.4) is 0 Å². The number of nitrogens with zero attached hydrogens (tertiary/aromatic N) is 4. The monoisotopic (exact) mass is 640 g/mol. The summed E-state index contributed by atoms with van der Waals surface area (Å²) >= 11 is 3.57. The van der Waals surface area contributed by atoms with Crippen molar-refractivity contribution in [1.29, 1.82) is 0 Å². The first kappa shape index (κ1) is 28.1. The van der Waals surface area contributed by atoms with E-state index in [1.54, 1.807) is 30.1 Å². The summed E-state index contributed by atoms with van der Waals surface area (Å²) in [5.74, 6) is -0.122. The molecule has 11 heteroatoms. The van der Waals surface area contributed by atoms with Crippen LogP contribution in [-0.4, -0.2) is 80.4 Å². The van der Waals surface area contributed by atoms with E-state index in [9.17, 15) is 18.0 Å². The van der Waals surface area contributed by atoms with Gasteiger partial charge in [-0.2, -0.15) is 4.31 Å². The van der Waals surface area contributed by atoms with Gasteiger partial charge in [-0.1, -0.05) is 28.8 Å². The summed E-state index contributed by atoms with van der Waals surface area (Å²) in [5.41, 5.74) is 3.33. The fraction of sp³-hybridized carbons (Fsp3) is 0.400. The minimum Gasteiger partial charge on any atom is -0.379 e. The van der Waals surface area contributed by atoms with Crippen LogP contribution in [0.15, 0.2) is 52.0 Å². The van der Waals surface area contributed by atoms with Crippen molar-refractivity contribution in [2.24, 2.45) is 0 Å². The maximum atomic E-state index is 13.5. The van der Waals surface area contributed by atoms with Crippen LogP contribution >= 0.6 is 15.9 Å². The Balaban J connectivity index is 1.39. The number of fused-ring (bicyclic) bond motifs is 2. The number of benzene rings is 2. The minimum atomic E-state index is -3.73. The van der Waals surface area contributed by atoms with Crippen LogP contribution in [0.5, 0.6) is 0 Å². The molecule has 216 valence electrons. The number of likely N-dealkylation sites (N-methyl/N-ethyl adjacent to an activating group) is 1. The Kier molecular flexibility index (Phi) is 7.80. The number of likely N-dealkylation sites (tertiary alicyclic amines) is 1. The van der Waals surface area contributed by atoms with Gasteiger partial charge in [-0.05, 0) is 55.3 Å². The van der Waals surface area contributed by atoms with Crippen LogP contribution in [0.1, 0.15) is 36.8 Å². The number of hydrogen-bond donors (Lipinski definition) is 0. The van der Waals surface area contributed by atoms with E-state index in [1.165, 1.54) is 4.31 Å². The Morgan fingerprint density at radius 2 is 1.73 bits per heavy atom. The maximum Gasteiger partial charge on any atom is 0.258 e. The molecule has 6 rings (SSSR count). The second-order valence-electron chi connectivity index (χ2n) is 10.8. The number of carbonyl (C=O) groups is 2. The van der Waals surface area contributed by atoms with E-state index in [4.69, 9.17) is 4.74 Å². The number of hydrogen-bond acceptors (Lipinski definition) is 5. The number of morpholine rings is 1. The fourth-order valence-electron chi connectivity index (χ4n) is 5.93. The summed E-state index contributed by atoms with van der Waals surface area (Å²) in [7, 11) is -2.04. The first-order chi connectivity index (χ1) is 19.7. The zero-order valence-electron chi connectivity index (χ0n) is 23.0. The number of rotatable bonds is 5. The van der Waals surface area contributed by atoms with Crippen LogP contribution < -0.4 is 4.90 Å². The second kappa shape index (κ2) is 11.4. The Hall–Kier alpha value is -2.99. The van der Waals surface area contributed by atoms with E-state index in [0.717, 1.165) is 59.7 Å². The SMILES string of the molecule is CN1C(=O)C(=Cc2cn(CC(=O)N3CCCCCC3)c3ccc(Br)cc23)c2cc(S(=O)(=O)N3CCOCC3)ccc21. The van der Waals surface area contributed by atoms with Gasteiger partial charge in [0.1, 0.15) is 6.54 Å². The van der Waals surface area contributed by atoms with Crippen LogP contribution in [0.25, 0.3) is 22.6 Å². The Bertz CT molecular complexity index is 1650. The molecule has 0 N–H and O–H groups in total. The van der Waals surface area contributed by atoms with E-state index < -0.39 is 10.0 Å². The van der Waals surface area contributed by atoms with Gasteiger partial charge in [-0.3, -0.25) is 9.59 Å². The molecule has 2 aromatic carbocycles. The van der Waals surface area contributed by atoms with Crippen molar-refractivity contribution >= 4 is 66.0 Å². The van der Waals surface area contributed by atoms with Crippen LogP contribution in [0.4, 0.5) is 5.69 Å². The van der Waals surface area contributed by atoms with Crippen molar-refractivity contribution in [3.63, 3.8) is 0 Å². The highest BCUT2D eigenvalue weighted by Crippen LogP contribution is 2.40. The topological polar surface area (TPSA) is 92.2 Å². The van der Waals surface area contributed by atoms with Crippen LogP contribution in [0, 0.1) is 0 Å². The summed E-state index contributed by atoms with van der Waals surface area (Å²) in [5, 5.41) is 0.900. The van der Waals surface area contributed by atoms with Crippen molar-refractivity contribution in [1.82, 2.24) is 13.8 Å². The first-order valence-corrected chi connectivity index (χ1v) is 16.3. The quantitative estimate of drug-likeness (QED) is 0.387. The molecule has 0 unspecified atom stereocenters. The van der Waals surface area contributed by atoms with Gasteiger partial charge in [-0.25, -0.2) is 8.42 Å². The molecule has 0 atom stereocenters. The van der Waals surface area contributed by atoms with Crippen LogP contribution in [0.2, 0.25) is 0 Å². The maximum absolute atomic E-state index is 13.5. The van der Waals surface area contributed by atoms with Gasteiger partial charge < -0.3 is 19.1 Å². The lowest BCUT2D eigenvalue weighted by Gasteiger charge is -2.26. The van der Waals surface area contributed by atoms with E-state index in [0.29, 0.717) is 43.1 Å². The molecule has 1 aromatic heterocycles. The number of halogens is 1. The van der Waals surface area contributed by atoms with Gasteiger partial charge in [0.15, 0.2) is 0 Å². The van der Waals surface area contributed by atoms with Crippen LogP contribution in [-0.2, 0) is 30.9 Å². The van der Waals surface area contributed by atoms with Crippen molar-refractivity contribution < 1.29 is 22.7 Å². The van der Waals surface area contributed by atoms with Crippen molar-refractivity contribution in [2.75, 3.05) is 51.3 Å². The summed E-state index contributed by atoms with van der Waals surface area (Å²) < 4.78 is 36.4. The Morgan fingerprint density at radius 1 is 1.00 bits per heavy atom. The predicted molar refractivity (Wildman–Crippen MR) is 162 cm³/mol. The Morgan fingerprint density at radius 3 is 2.46 bits per heavy atom. The van der Waals surface area contributed by atoms with Gasteiger partial charge in [-0.15, -0.1) is 0 Å². The van der Waals surface area contributed by atoms with Crippen molar-refractivity contribution in [2.45, 2.75) is 37.1 Å². The smallest absolute Gasteiger partial charge is 0.258 e. The third kappa shape index (κ3) is 5.36. The number of carbonyl (C=O) groups excluding carboxylic acids is 2. The first-order valence-electron chi connectivity index (χ1n) is 14.0. The van der Waals surface area contributed by atoms with Gasteiger partial charge in [0.05, 0.1) is 23.8 Å². The molecular formula is C30H33BrN4O5S. The highest BCUT2D eigenvalue weighted by molar-refractivity contribution is 9.10. The molecule has 2 saturated heterocycles. The molecule has 9 nitrogen and oxygen atoms in total. The molecule has 0 radical (unpaired) electrons. The van der Waals surface area contributed by atoms with E-state index in [1.807, 2.05) is 39.9 Å². The second-order valence-corrected chi connectivity index (χ2v) is 13.6. The number of ether oxygens (including phenoxy) is 1. The molecule has 3 aliphatic rings. The van der Waals surface area contributed by atoms with Gasteiger partial charge in [0, 0.05) is 71.5 Å².